The van der Waals surface area contributed by atoms with Crippen LogP contribution in [-0.2, 0) is 11.2 Å². The van der Waals surface area contributed by atoms with Gasteiger partial charge in [-0.05, 0) is 70.6 Å². The Morgan fingerprint density at radius 2 is 2.08 bits per heavy atom. The van der Waals surface area contributed by atoms with Crippen LogP contribution in [0.4, 0.5) is 0 Å². The number of aryl methyl sites for hydroxylation is 1. The van der Waals surface area contributed by atoms with Crippen LogP contribution >= 0.6 is 0 Å². The molecule has 0 aromatic heterocycles. The molecule has 2 N–H and O–H groups in total. The summed E-state index contributed by atoms with van der Waals surface area (Å²) in [4.78, 5) is 10.6. The zero-order chi connectivity index (χ0) is 18.2. The normalized spacial score (nSPS) is 23.9. The Hall–Kier alpha value is -1.97. The Balaban J connectivity index is 1.87. The second-order valence-corrected chi connectivity index (χ2v) is 8.02. The molecule has 0 bridgehead atoms. The number of unbranched alkanes of at least 4 members (excludes halogenated alkanes) is 1. The molecule has 0 saturated carbocycles. The zero-order valence-corrected chi connectivity index (χ0v) is 15.3. The lowest BCUT2D eigenvalue weighted by Crippen LogP contribution is -2.45. The molecule has 1 heterocycles. The molecule has 2 aliphatic rings. The molecule has 2 atom stereocenters. The highest BCUT2D eigenvalue weighted by Gasteiger charge is 2.45. The number of phenolic OH excluding ortho intramolecular Hbond substituents is 1. The van der Waals surface area contributed by atoms with Gasteiger partial charge in [-0.25, -0.2) is 0 Å². The van der Waals surface area contributed by atoms with Crippen LogP contribution in [0.5, 0.6) is 11.5 Å². The summed E-state index contributed by atoms with van der Waals surface area (Å²) in [6.07, 6.45) is 6.84. The summed E-state index contributed by atoms with van der Waals surface area (Å²) in [7, 11) is 0. The fourth-order valence-electron chi connectivity index (χ4n) is 4.33. The molecule has 0 saturated heterocycles. The fraction of sp³-hybridized carbons (Fsp3) is 0.571. The Labute approximate surface area is 149 Å². The molecule has 3 rings (SSSR count). The van der Waals surface area contributed by atoms with Gasteiger partial charge in [0.1, 0.15) is 17.1 Å². The van der Waals surface area contributed by atoms with E-state index in [-0.39, 0.29) is 17.9 Å². The standard InChI is InChI=1S/C21H28O4/c1-13-8-9-16-15(10-13)20-17(22)11-14(6-4-5-7-19(23)24)12-18(20)25-21(16,2)3/h10-12,15-16,22H,4-9H2,1-3H3,(H,23,24)/t15?,16-/m1/s1. The van der Waals surface area contributed by atoms with E-state index in [9.17, 15) is 9.90 Å². The molecule has 0 radical (unpaired) electrons. The molecule has 0 amide bonds. The number of fused-ring (bicyclic) bond motifs is 3. The number of aliphatic carboxylic acids is 1. The minimum Gasteiger partial charge on any atom is -0.507 e. The SMILES string of the molecule is CC1=CC2c3c(O)cc(CCCCC(=O)O)cc3OC(C)(C)[C@@H]2CC1. The average molecular weight is 344 g/mol. The van der Waals surface area contributed by atoms with Crippen molar-refractivity contribution in [3.8, 4) is 11.5 Å². The van der Waals surface area contributed by atoms with Gasteiger partial charge < -0.3 is 14.9 Å². The van der Waals surface area contributed by atoms with E-state index < -0.39 is 5.97 Å². The predicted octanol–water partition coefficient (Wildman–Crippen LogP) is 4.80. The van der Waals surface area contributed by atoms with E-state index in [1.807, 2.05) is 12.1 Å². The summed E-state index contributed by atoms with van der Waals surface area (Å²) in [5.74, 6) is 0.904. The number of ether oxygens (including phenoxy) is 1. The maximum Gasteiger partial charge on any atom is 0.303 e. The third-order valence-corrected chi connectivity index (χ3v) is 5.63. The fourth-order valence-corrected chi connectivity index (χ4v) is 4.33. The molecule has 136 valence electrons. The van der Waals surface area contributed by atoms with E-state index in [0.29, 0.717) is 18.1 Å². The number of phenols is 1. The summed E-state index contributed by atoms with van der Waals surface area (Å²) in [6.45, 7) is 6.43. The van der Waals surface area contributed by atoms with Crippen LogP contribution in [0, 0.1) is 5.92 Å². The topological polar surface area (TPSA) is 66.8 Å². The van der Waals surface area contributed by atoms with Crippen molar-refractivity contribution in [2.45, 2.75) is 70.8 Å². The maximum atomic E-state index is 10.7. The van der Waals surface area contributed by atoms with Gasteiger partial charge in [-0.2, -0.15) is 0 Å². The molecule has 4 heteroatoms. The predicted molar refractivity (Wildman–Crippen MR) is 97.2 cm³/mol. The Morgan fingerprint density at radius 3 is 2.80 bits per heavy atom. The average Bonchev–Trinajstić information content (AvgIpc) is 2.50. The van der Waals surface area contributed by atoms with Crippen molar-refractivity contribution in [1.82, 2.24) is 0 Å². The quantitative estimate of drug-likeness (QED) is 0.595. The smallest absolute Gasteiger partial charge is 0.303 e. The maximum absolute atomic E-state index is 10.7. The highest BCUT2D eigenvalue weighted by atomic mass is 16.5. The van der Waals surface area contributed by atoms with Gasteiger partial charge in [0.15, 0.2) is 0 Å². The first-order valence-electron chi connectivity index (χ1n) is 9.22. The highest BCUT2D eigenvalue weighted by Crippen LogP contribution is 2.53. The number of hydrogen-bond acceptors (Lipinski definition) is 3. The van der Waals surface area contributed by atoms with Crippen LogP contribution in [-0.4, -0.2) is 21.8 Å². The lowest BCUT2D eigenvalue weighted by atomic mass is 9.68. The van der Waals surface area contributed by atoms with Gasteiger partial charge in [-0.3, -0.25) is 4.79 Å². The Kier molecular flexibility index (Phi) is 4.81. The van der Waals surface area contributed by atoms with Crippen LogP contribution in [0.25, 0.3) is 0 Å². The molecule has 1 unspecified atom stereocenters. The van der Waals surface area contributed by atoms with Gasteiger partial charge >= 0.3 is 5.97 Å². The summed E-state index contributed by atoms with van der Waals surface area (Å²) in [5, 5.41) is 19.4. The van der Waals surface area contributed by atoms with E-state index in [0.717, 1.165) is 42.6 Å². The molecule has 1 aromatic rings. The van der Waals surface area contributed by atoms with E-state index in [1.54, 1.807) is 0 Å². The van der Waals surface area contributed by atoms with Crippen molar-refractivity contribution in [3.05, 3.63) is 34.9 Å². The number of benzene rings is 1. The largest absolute Gasteiger partial charge is 0.507 e. The van der Waals surface area contributed by atoms with Gasteiger partial charge in [0.25, 0.3) is 0 Å². The molecular formula is C21H28O4. The highest BCUT2D eigenvalue weighted by molar-refractivity contribution is 5.66. The number of allylic oxidation sites excluding steroid dienone is 2. The van der Waals surface area contributed by atoms with Crippen LogP contribution in [0.2, 0.25) is 0 Å². The number of carboxylic acid groups (broad SMARTS) is 1. The van der Waals surface area contributed by atoms with Crippen LogP contribution in [0.1, 0.15) is 69.9 Å². The summed E-state index contributed by atoms with van der Waals surface area (Å²) < 4.78 is 6.31. The van der Waals surface area contributed by atoms with Crippen molar-refractivity contribution < 1.29 is 19.7 Å². The van der Waals surface area contributed by atoms with Crippen molar-refractivity contribution in [2.75, 3.05) is 0 Å². The first kappa shape index (κ1) is 17.8. The molecule has 1 aromatic carbocycles. The molecule has 1 aliphatic carbocycles. The van der Waals surface area contributed by atoms with Gasteiger partial charge in [0, 0.05) is 23.8 Å². The monoisotopic (exact) mass is 344 g/mol. The van der Waals surface area contributed by atoms with Gasteiger partial charge in [-0.1, -0.05) is 11.6 Å². The van der Waals surface area contributed by atoms with Crippen molar-refractivity contribution >= 4 is 5.97 Å². The number of rotatable bonds is 5. The lowest BCUT2D eigenvalue weighted by Gasteiger charge is -2.46. The van der Waals surface area contributed by atoms with Crippen molar-refractivity contribution in [2.24, 2.45) is 5.92 Å². The van der Waals surface area contributed by atoms with Crippen LogP contribution in [0.3, 0.4) is 0 Å². The third-order valence-electron chi connectivity index (χ3n) is 5.63. The van der Waals surface area contributed by atoms with E-state index in [2.05, 4.69) is 26.8 Å². The summed E-state index contributed by atoms with van der Waals surface area (Å²) >= 11 is 0. The van der Waals surface area contributed by atoms with E-state index in [1.165, 1.54) is 5.57 Å². The van der Waals surface area contributed by atoms with Gasteiger partial charge in [0.2, 0.25) is 0 Å². The Morgan fingerprint density at radius 1 is 1.32 bits per heavy atom. The Bertz CT molecular complexity index is 702. The number of aromatic hydroxyl groups is 1. The van der Waals surface area contributed by atoms with E-state index >= 15 is 0 Å². The number of carbonyl (C=O) groups is 1. The molecule has 25 heavy (non-hydrogen) atoms. The first-order valence-corrected chi connectivity index (χ1v) is 9.22. The first-order chi connectivity index (χ1) is 11.8. The molecule has 0 fully saturated rings. The lowest BCUT2D eigenvalue weighted by molar-refractivity contribution is -0.137. The minimum atomic E-state index is -0.760. The van der Waals surface area contributed by atoms with Gasteiger partial charge in [0.05, 0.1) is 0 Å². The second-order valence-electron chi connectivity index (χ2n) is 8.02. The summed E-state index contributed by atoms with van der Waals surface area (Å²) in [5.41, 5.74) is 3.04. The minimum absolute atomic E-state index is 0.189. The third kappa shape index (κ3) is 3.68. The number of hydrogen-bond donors (Lipinski definition) is 2. The van der Waals surface area contributed by atoms with E-state index in [4.69, 9.17) is 9.84 Å². The molecule has 4 nitrogen and oxygen atoms in total. The zero-order valence-electron chi connectivity index (χ0n) is 15.3. The number of carboxylic acids is 1. The van der Waals surface area contributed by atoms with Gasteiger partial charge in [-0.15, -0.1) is 0 Å². The molecule has 1 aliphatic heterocycles. The van der Waals surface area contributed by atoms with Crippen LogP contribution in [0.15, 0.2) is 23.8 Å². The molecular weight excluding hydrogens is 316 g/mol. The second kappa shape index (κ2) is 6.74. The summed E-state index contributed by atoms with van der Waals surface area (Å²) in [6, 6.07) is 3.86. The van der Waals surface area contributed by atoms with Crippen molar-refractivity contribution in [1.29, 1.82) is 0 Å². The molecule has 0 spiro atoms. The van der Waals surface area contributed by atoms with Crippen LogP contribution < -0.4 is 4.74 Å². The van der Waals surface area contributed by atoms with Crippen molar-refractivity contribution in [3.63, 3.8) is 0 Å².